The van der Waals surface area contributed by atoms with Crippen LogP contribution in [0.5, 0.6) is 0 Å². The maximum absolute atomic E-state index is 12.9. The molecular weight excluding hydrogens is 490 g/mol. The first-order chi connectivity index (χ1) is 16.5. The molecular formula is C25H28ClN3O3S2. The Morgan fingerprint density at radius 3 is 2.29 bits per heavy atom. The molecule has 1 saturated carbocycles. The lowest BCUT2D eigenvalue weighted by molar-refractivity contribution is 0.0730. The minimum absolute atomic E-state index is 0.293. The van der Waals surface area contributed by atoms with Crippen LogP contribution in [0.3, 0.4) is 0 Å². The molecule has 0 N–H and O–H groups in total. The van der Waals surface area contributed by atoms with E-state index in [1.54, 1.807) is 35.6 Å². The zero-order valence-corrected chi connectivity index (χ0v) is 21.3. The summed E-state index contributed by atoms with van der Waals surface area (Å²) in [5.74, 6) is 0. The van der Waals surface area contributed by atoms with Gasteiger partial charge in [0.15, 0.2) is 4.80 Å². The summed E-state index contributed by atoms with van der Waals surface area (Å²) in [5, 5.41) is 2.88. The summed E-state index contributed by atoms with van der Waals surface area (Å²) in [5.41, 5.74) is 3.02. The summed E-state index contributed by atoms with van der Waals surface area (Å²) in [4.78, 5) is 6.17. The highest BCUT2D eigenvalue weighted by Crippen LogP contribution is 2.33. The van der Waals surface area contributed by atoms with Gasteiger partial charge in [-0.15, -0.1) is 11.3 Å². The molecule has 180 valence electrons. The SMILES string of the molecule is O=S(=O)(c1ccc(N=c2scc(-c3ccc(Cl)cc3)n2C2CCCCC2)cc1)N1CCOCC1. The van der Waals surface area contributed by atoms with Crippen molar-refractivity contribution in [1.82, 2.24) is 8.87 Å². The first kappa shape index (κ1) is 23.8. The van der Waals surface area contributed by atoms with Gasteiger partial charge in [0, 0.05) is 29.5 Å². The van der Waals surface area contributed by atoms with E-state index in [1.165, 1.54) is 23.6 Å². The van der Waals surface area contributed by atoms with Crippen molar-refractivity contribution in [2.24, 2.45) is 4.99 Å². The molecule has 0 amide bonds. The smallest absolute Gasteiger partial charge is 0.243 e. The van der Waals surface area contributed by atoms with E-state index in [-0.39, 0.29) is 0 Å². The molecule has 5 rings (SSSR count). The molecule has 6 nitrogen and oxygen atoms in total. The molecule has 0 radical (unpaired) electrons. The van der Waals surface area contributed by atoms with Gasteiger partial charge in [-0.25, -0.2) is 13.4 Å². The molecule has 34 heavy (non-hydrogen) atoms. The van der Waals surface area contributed by atoms with Crippen molar-refractivity contribution in [2.75, 3.05) is 26.3 Å². The largest absolute Gasteiger partial charge is 0.379 e. The van der Waals surface area contributed by atoms with Crippen molar-refractivity contribution in [3.05, 3.63) is 63.7 Å². The Balaban J connectivity index is 1.50. The number of halogens is 1. The van der Waals surface area contributed by atoms with Crippen molar-refractivity contribution in [3.8, 4) is 11.3 Å². The van der Waals surface area contributed by atoms with Crippen LogP contribution in [0.2, 0.25) is 5.02 Å². The quantitative estimate of drug-likeness (QED) is 0.440. The van der Waals surface area contributed by atoms with Crippen LogP contribution in [-0.2, 0) is 14.8 Å². The standard InChI is InChI=1S/C25H28ClN3O3S2/c26-20-8-6-19(7-9-20)24-18-33-25(29(24)22-4-2-1-3-5-22)27-21-10-12-23(13-11-21)34(30,31)28-14-16-32-17-15-28/h6-13,18,22H,1-5,14-17H2. The fourth-order valence-corrected chi connectivity index (χ4v) is 7.18. The summed E-state index contributed by atoms with van der Waals surface area (Å²) in [7, 11) is -3.51. The Morgan fingerprint density at radius 1 is 0.941 bits per heavy atom. The van der Waals surface area contributed by atoms with Crippen molar-refractivity contribution < 1.29 is 13.2 Å². The molecule has 0 spiro atoms. The minimum Gasteiger partial charge on any atom is -0.379 e. The van der Waals surface area contributed by atoms with Crippen molar-refractivity contribution in [1.29, 1.82) is 0 Å². The highest BCUT2D eigenvalue weighted by atomic mass is 35.5. The summed E-state index contributed by atoms with van der Waals surface area (Å²) >= 11 is 7.74. The Labute approximate surface area is 209 Å². The van der Waals surface area contributed by atoms with Crippen LogP contribution in [0.1, 0.15) is 38.1 Å². The zero-order chi connectivity index (χ0) is 23.5. The molecule has 1 saturated heterocycles. The second-order valence-electron chi connectivity index (χ2n) is 8.69. The van der Waals surface area contributed by atoms with Crippen molar-refractivity contribution in [2.45, 2.75) is 43.0 Å². The Bertz CT molecular complexity index is 1290. The molecule has 9 heteroatoms. The second kappa shape index (κ2) is 10.3. The molecule has 2 aromatic carbocycles. The van der Waals surface area contributed by atoms with E-state index in [0.717, 1.165) is 39.6 Å². The fraction of sp³-hybridized carbons (Fsp3) is 0.400. The third kappa shape index (κ3) is 5.02. The van der Waals surface area contributed by atoms with Crippen LogP contribution in [-0.4, -0.2) is 43.6 Å². The molecule has 2 aliphatic rings. The van der Waals surface area contributed by atoms with Crippen LogP contribution in [0.4, 0.5) is 5.69 Å². The number of hydrogen-bond donors (Lipinski definition) is 0. The lowest BCUT2D eigenvalue weighted by atomic mass is 9.95. The van der Waals surface area contributed by atoms with Crippen LogP contribution in [0.15, 0.2) is 63.8 Å². The molecule has 2 fully saturated rings. The second-order valence-corrected chi connectivity index (χ2v) is 11.9. The van der Waals surface area contributed by atoms with Crippen LogP contribution in [0, 0.1) is 0 Å². The van der Waals surface area contributed by atoms with Gasteiger partial charge in [-0.3, -0.25) is 0 Å². The number of morpholine rings is 1. The molecule has 1 aliphatic heterocycles. The van der Waals surface area contributed by atoms with Gasteiger partial charge in [0.2, 0.25) is 10.0 Å². The van der Waals surface area contributed by atoms with E-state index < -0.39 is 10.0 Å². The molecule has 2 heterocycles. The van der Waals surface area contributed by atoms with E-state index >= 15 is 0 Å². The van der Waals surface area contributed by atoms with Gasteiger partial charge >= 0.3 is 0 Å². The third-order valence-electron chi connectivity index (χ3n) is 6.49. The number of sulfonamides is 1. The van der Waals surface area contributed by atoms with Gasteiger partial charge < -0.3 is 9.30 Å². The summed E-state index contributed by atoms with van der Waals surface area (Å²) in [6, 6.07) is 15.3. The van der Waals surface area contributed by atoms with E-state index in [0.29, 0.717) is 37.2 Å². The number of rotatable bonds is 5. The maximum atomic E-state index is 12.9. The van der Waals surface area contributed by atoms with E-state index in [2.05, 4.69) is 22.1 Å². The Hall–Kier alpha value is -1.97. The molecule has 1 aliphatic carbocycles. The summed E-state index contributed by atoms with van der Waals surface area (Å²) < 4.78 is 35.0. The van der Waals surface area contributed by atoms with E-state index in [4.69, 9.17) is 21.3 Å². The zero-order valence-electron chi connectivity index (χ0n) is 18.9. The van der Waals surface area contributed by atoms with Gasteiger partial charge in [0.05, 0.1) is 29.5 Å². The number of ether oxygens (including phenoxy) is 1. The molecule has 0 atom stereocenters. The predicted molar refractivity (Wildman–Crippen MR) is 136 cm³/mol. The normalized spacial score (nSPS) is 18.9. The van der Waals surface area contributed by atoms with Crippen molar-refractivity contribution >= 4 is 38.6 Å². The average Bonchev–Trinajstić information content (AvgIpc) is 3.29. The number of aromatic nitrogens is 1. The number of nitrogens with zero attached hydrogens (tertiary/aromatic N) is 3. The van der Waals surface area contributed by atoms with Gasteiger partial charge in [-0.05, 0) is 54.8 Å². The highest BCUT2D eigenvalue weighted by molar-refractivity contribution is 7.89. The molecule has 0 unspecified atom stereocenters. The molecule has 0 bridgehead atoms. The number of hydrogen-bond acceptors (Lipinski definition) is 5. The van der Waals surface area contributed by atoms with Gasteiger partial charge in [-0.2, -0.15) is 4.31 Å². The minimum atomic E-state index is -3.51. The van der Waals surface area contributed by atoms with Gasteiger partial charge in [-0.1, -0.05) is 43.0 Å². The lowest BCUT2D eigenvalue weighted by Crippen LogP contribution is -2.40. The number of benzene rings is 2. The summed E-state index contributed by atoms with van der Waals surface area (Å²) in [6.07, 6.45) is 6.01. The number of thiazole rings is 1. The molecule has 3 aromatic rings. The van der Waals surface area contributed by atoms with Gasteiger partial charge in [0.1, 0.15) is 0 Å². The maximum Gasteiger partial charge on any atom is 0.243 e. The van der Waals surface area contributed by atoms with Gasteiger partial charge in [0.25, 0.3) is 0 Å². The van der Waals surface area contributed by atoms with E-state index in [1.807, 2.05) is 12.1 Å². The van der Waals surface area contributed by atoms with Crippen LogP contribution >= 0.6 is 22.9 Å². The van der Waals surface area contributed by atoms with E-state index in [9.17, 15) is 8.42 Å². The third-order valence-corrected chi connectivity index (χ3v) is 9.50. The Kier molecular flexibility index (Phi) is 7.22. The topological polar surface area (TPSA) is 63.9 Å². The monoisotopic (exact) mass is 517 g/mol. The predicted octanol–water partition coefficient (Wildman–Crippen LogP) is 5.63. The van der Waals surface area contributed by atoms with Crippen molar-refractivity contribution in [3.63, 3.8) is 0 Å². The van der Waals surface area contributed by atoms with Crippen LogP contribution in [0.25, 0.3) is 11.3 Å². The Morgan fingerprint density at radius 2 is 1.62 bits per heavy atom. The average molecular weight is 518 g/mol. The lowest BCUT2D eigenvalue weighted by Gasteiger charge is -2.26. The fourth-order valence-electron chi connectivity index (χ4n) is 4.66. The first-order valence-corrected chi connectivity index (χ1v) is 14.4. The van der Waals surface area contributed by atoms with Crippen LogP contribution < -0.4 is 4.80 Å². The summed E-state index contributed by atoms with van der Waals surface area (Å²) in [6.45, 7) is 1.64. The molecule has 1 aromatic heterocycles. The highest BCUT2D eigenvalue weighted by Gasteiger charge is 2.26. The first-order valence-electron chi connectivity index (χ1n) is 11.7.